The molecule has 0 aliphatic heterocycles. The highest BCUT2D eigenvalue weighted by Crippen LogP contribution is 2.26. The highest BCUT2D eigenvalue weighted by Gasteiger charge is 2.30. The first-order chi connectivity index (χ1) is 5.60. The van der Waals surface area contributed by atoms with Crippen LogP contribution < -0.4 is 5.73 Å². The fraction of sp³-hybridized carbons (Fsp3) is 1.00. The van der Waals surface area contributed by atoms with E-state index in [1.54, 1.807) is 0 Å². The van der Waals surface area contributed by atoms with Crippen LogP contribution in [0.3, 0.4) is 0 Å². The molecule has 0 saturated heterocycles. The van der Waals surface area contributed by atoms with Crippen LogP contribution in [0.25, 0.3) is 0 Å². The monoisotopic (exact) mass is 197 g/mol. The Labute approximate surface area is 77.5 Å². The Kier molecular flexibility index (Phi) is 4.23. The van der Waals surface area contributed by atoms with E-state index in [9.17, 15) is 13.2 Å². The smallest absolute Gasteiger partial charge is 0.327 e. The van der Waals surface area contributed by atoms with E-state index >= 15 is 0 Å². The zero-order valence-corrected chi connectivity index (χ0v) is 8.41. The number of halogens is 3. The Balaban J connectivity index is 3.70. The number of hydrogen-bond acceptors (Lipinski definition) is 1. The fourth-order valence-corrected chi connectivity index (χ4v) is 1.02. The van der Waals surface area contributed by atoms with Gasteiger partial charge in [0.1, 0.15) is 0 Å². The van der Waals surface area contributed by atoms with Crippen molar-refractivity contribution in [3.05, 3.63) is 0 Å². The molecule has 1 unspecified atom stereocenters. The summed E-state index contributed by atoms with van der Waals surface area (Å²) in [4.78, 5) is 0. The van der Waals surface area contributed by atoms with Crippen LogP contribution in [0.1, 0.15) is 40.0 Å². The highest BCUT2D eigenvalue weighted by atomic mass is 19.4. The molecule has 1 nitrogen and oxygen atoms in total. The first kappa shape index (κ1) is 12.8. The summed E-state index contributed by atoms with van der Waals surface area (Å²) in [5, 5.41) is 0. The molecule has 1 atom stereocenters. The van der Waals surface area contributed by atoms with Crippen LogP contribution in [-0.4, -0.2) is 12.2 Å². The third kappa shape index (κ3) is 9.67. The van der Waals surface area contributed by atoms with Gasteiger partial charge in [-0.2, -0.15) is 13.2 Å². The average Bonchev–Trinajstić information content (AvgIpc) is 1.78. The maximum atomic E-state index is 11.8. The van der Waals surface area contributed by atoms with Crippen molar-refractivity contribution in [3.63, 3.8) is 0 Å². The summed E-state index contributed by atoms with van der Waals surface area (Å²) in [6.07, 6.45) is -3.84. The summed E-state index contributed by atoms with van der Waals surface area (Å²) < 4.78 is 35.5. The molecule has 13 heavy (non-hydrogen) atoms. The summed E-state index contributed by atoms with van der Waals surface area (Å²) in [7, 11) is 0. The molecule has 0 saturated carbocycles. The van der Waals surface area contributed by atoms with Crippen LogP contribution in [0.5, 0.6) is 0 Å². The van der Waals surface area contributed by atoms with Crippen LogP contribution in [-0.2, 0) is 0 Å². The lowest BCUT2D eigenvalue weighted by Crippen LogP contribution is -2.28. The summed E-state index contributed by atoms with van der Waals surface area (Å²) in [5.41, 5.74) is 5.41. The lowest BCUT2D eigenvalue weighted by atomic mass is 9.88. The summed E-state index contributed by atoms with van der Waals surface area (Å²) >= 11 is 0. The molecule has 0 bridgehead atoms. The van der Waals surface area contributed by atoms with E-state index in [1.165, 1.54) is 0 Å². The third-order valence-electron chi connectivity index (χ3n) is 1.76. The highest BCUT2D eigenvalue weighted by molar-refractivity contribution is 4.70. The van der Waals surface area contributed by atoms with Crippen molar-refractivity contribution in [1.29, 1.82) is 0 Å². The molecule has 4 heteroatoms. The molecule has 0 aromatic carbocycles. The summed E-state index contributed by atoms with van der Waals surface area (Å²) in [6, 6.07) is -0.751. The van der Waals surface area contributed by atoms with E-state index in [-0.39, 0.29) is 5.41 Å². The van der Waals surface area contributed by atoms with E-state index in [1.807, 2.05) is 20.8 Å². The van der Waals surface area contributed by atoms with E-state index in [2.05, 4.69) is 0 Å². The predicted octanol–water partition coefficient (Wildman–Crippen LogP) is 3.09. The molecule has 2 N–H and O–H groups in total. The molecule has 0 amide bonds. The minimum absolute atomic E-state index is 0.0587. The van der Waals surface area contributed by atoms with Gasteiger partial charge in [0, 0.05) is 6.04 Å². The zero-order chi connectivity index (χ0) is 10.7. The van der Waals surface area contributed by atoms with Gasteiger partial charge in [-0.05, 0) is 18.3 Å². The van der Waals surface area contributed by atoms with E-state index in [0.717, 1.165) is 6.42 Å². The van der Waals surface area contributed by atoms with Crippen LogP contribution >= 0.6 is 0 Å². The normalized spacial score (nSPS) is 15.9. The molecule has 0 heterocycles. The average molecular weight is 197 g/mol. The fourth-order valence-electron chi connectivity index (χ4n) is 1.02. The maximum Gasteiger partial charge on any atom is 0.390 e. The Morgan fingerprint density at radius 3 is 1.92 bits per heavy atom. The van der Waals surface area contributed by atoms with Gasteiger partial charge in [0.25, 0.3) is 0 Å². The van der Waals surface area contributed by atoms with Gasteiger partial charge in [0.05, 0.1) is 6.42 Å². The molecule has 0 rings (SSSR count). The molecule has 0 aliphatic rings. The Hall–Kier alpha value is -0.250. The number of nitrogens with two attached hydrogens (primary N) is 1. The van der Waals surface area contributed by atoms with Crippen LogP contribution in [0.4, 0.5) is 13.2 Å². The Morgan fingerprint density at radius 1 is 1.15 bits per heavy atom. The first-order valence-electron chi connectivity index (χ1n) is 4.42. The molecule has 0 radical (unpaired) electrons. The van der Waals surface area contributed by atoms with Crippen molar-refractivity contribution >= 4 is 0 Å². The lowest BCUT2D eigenvalue weighted by molar-refractivity contribution is -0.138. The van der Waals surface area contributed by atoms with E-state index in [4.69, 9.17) is 5.73 Å². The third-order valence-corrected chi connectivity index (χ3v) is 1.76. The number of alkyl halides is 3. The maximum absolute atomic E-state index is 11.8. The van der Waals surface area contributed by atoms with Gasteiger partial charge in [-0.1, -0.05) is 20.8 Å². The second-order valence-electron chi connectivity index (χ2n) is 4.68. The Morgan fingerprint density at radius 2 is 1.62 bits per heavy atom. The molecule has 80 valence electrons. The molecular formula is C9H18F3N. The van der Waals surface area contributed by atoms with Crippen LogP contribution in [0.15, 0.2) is 0 Å². The second-order valence-corrected chi connectivity index (χ2v) is 4.68. The van der Waals surface area contributed by atoms with Crippen molar-refractivity contribution in [1.82, 2.24) is 0 Å². The van der Waals surface area contributed by atoms with Gasteiger partial charge < -0.3 is 5.73 Å². The zero-order valence-electron chi connectivity index (χ0n) is 8.41. The molecule has 0 fully saturated rings. The molecule has 0 aromatic heterocycles. The summed E-state index contributed by atoms with van der Waals surface area (Å²) in [6.45, 7) is 5.98. The SMILES string of the molecule is CC(C)(C)CCC(N)CC(F)(F)F. The Bertz CT molecular complexity index is 146. The van der Waals surface area contributed by atoms with Gasteiger partial charge in [0.2, 0.25) is 0 Å². The van der Waals surface area contributed by atoms with Gasteiger partial charge in [-0.3, -0.25) is 0 Å². The molecule has 0 aliphatic carbocycles. The molecular weight excluding hydrogens is 179 g/mol. The van der Waals surface area contributed by atoms with E-state index in [0.29, 0.717) is 6.42 Å². The van der Waals surface area contributed by atoms with Crippen molar-refractivity contribution in [2.75, 3.05) is 0 Å². The first-order valence-corrected chi connectivity index (χ1v) is 4.42. The van der Waals surface area contributed by atoms with Gasteiger partial charge in [-0.25, -0.2) is 0 Å². The molecule has 0 aromatic rings. The largest absolute Gasteiger partial charge is 0.390 e. The standard InChI is InChI=1S/C9H18F3N/c1-8(2,3)5-4-7(13)6-9(10,11)12/h7H,4-6,13H2,1-3H3. The van der Waals surface area contributed by atoms with Crippen molar-refractivity contribution in [2.45, 2.75) is 52.3 Å². The van der Waals surface area contributed by atoms with Crippen LogP contribution in [0.2, 0.25) is 0 Å². The second kappa shape index (κ2) is 4.31. The van der Waals surface area contributed by atoms with Crippen molar-refractivity contribution in [2.24, 2.45) is 11.1 Å². The van der Waals surface area contributed by atoms with E-state index < -0.39 is 18.6 Å². The molecule has 0 spiro atoms. The van der Waals surface area contributed by atoms with Crippen molar-refractivity contribution in [3.8, 4) is 0 Å². The van der Waals surface area contributed by atoms with Gasteiger partial charge in [0.15, 0.2) is 0 Å². The van der Waals surface area contributed by atoms with Gasteiger partial charge >= 0.3 is 6.18 Å². The number of hydrogen-bond donors (Lipinski definition) is 1. The topological polar surface area (TPSA) is 26.0 Å². The van der Waals surface area contributed by atoms with Crippen LogP contribution in [0, 0.1) is 5.41 Å². The number of rotatable bonds is 3. The quantitative estimate of drug-likeness (QED) is 0.739. The minimum Gasteiger partial charge on any atom is -0.327 e. The minimum atomic E-state index is -4.13. The predicted molar refractivity (Wildman–Crippen MR) is 47.3 cm³/mol. The lowest BCUT2D eigenvalue weighted by Gasteiger charge is -2.21. The van der Waals surface area contributed by atoms with Crippen molar-refractivity contribution < 1.29 is 13.2 Å². The van der Waals surface area contributed by atoms with Gasteiger partial charge in [-0.15, -0.1) is 0 Å². The summed E-state index contributed by atoms with van der Waals surface area (Å²) in [5.74, 6) is 0.